The zero-order valence-electron chi connectivity index (χ0n) is 19.6. The highest BCUT2D eigenvalue weighted by Gasteiger charge is 2.20. The molecule has 0 aliphatic heterocycles. The molecule has 1 aliphatic carbocycles. The summed E-state index contributed by atoms with van der Waals surface area (Å²) in [5.74, 6) is 2.27. The van der Waals surface area contributed by atoms with Crippen LogP contribution in [-0.4, -0.2) is 5.97 Å². The van der Waals surface area contributed by atoms with E-state index in [0.29, 0.717) is 11.3 Å². The van der Waals surface area contributed by atoms with Crippen LogP contribution in [0.3, 0.4) is 0 Å². The lowest BCUT2D eigenvalue weighted by Crippen LogP contribution is -2.14. The maximum atomic E-state index is 12.3. The second-order valence-electron chi connectivity index (χ2n) is 9.53. The number of hydrogen-bond acceptors (Lipinski definition) is 2. The molecule has 0 amide bonds. The minimum atomic E-state index is -0.291. The van der Waals surface area contributed by atoms with Crippen LogP contribution in [0.4, 0.5) is 0 Å². The Labute approximate surface area is 189 Å². The molecule has 0 spiro atoms. The summed E-state index contributed by atoms with van der Waals surface area (Å²) in [4.78, 5) is 12.3. The van der Waals surface area contributed by atoms with E-state index in [1.165, 1.54) is 76.2 Å². The Kier molecular flexibility index (Phi) is 9.65. The summed E-state index contributed by atoms with van der Waals surface area (Å²) in [7, 11) is 0. The molecule has 1 aliphatic rings. The molecule has 0 saturated heterocycles. The van der Waals surface area contributed by atoms with E-state index in [1.807, 2.05) is 43.3 Å². The predicted octanol–water partition coefficient (Wildman–Crippen LogP) is 8.31. The topological polar surface area (TPSA) is 26.3 Å². The number of carbonyl (C=O) groups excluding carboxylic acids is 1. The average molecular weight is 421 g/mol. The molecule has 168 valence electrons. The van der Waals surface area contributed by atoms with Gasteiger partial charge >= 0.3 is 5.97 Å². The largest absolute Gasteiger partial charge is 0.423 e. The van der Waals surface area contributed by atoms with Crippen LogP contribution in [-0.2, 0) is 6.42 Å². The van der Waals surface area contributed by atoms with Crippen molar-refractivity contribution in [3.05, 3.63) is 65.2 Å². The van der Waals surface area contributed by atoms with Gasteiger partial charge in [-0.1, -0.05) is 101 Å². The SMILES string of the molecule is CCCCC[C@H]1CC[C@H](CCCCc2ccc(C(=O)Oc3ccc(C)cc3)cc2)CC1. The van der Waals surface area contributed by atoms with Crippen LogP contribution in [0.2, 0.25) is 0 Å². The summed E-state index contributed by atoms with van der Waals surface area (Å²) in [6.07, 6.45) is 16.5. The summed E-state index contributed by atoms with van der Waals surface area (Å²) < 4.78 is 5.46. The Morgan fingerprint density at radius 3 is 1.97 bits per heavy atom. The molecular weight excluding hydrogens is 380 g/mol. The molecule has 0 atom stereocenters. The molecule has 1 fully saturated rings. The van der Waals surface area contributed by atoms with E-state index in [2.05, 4.69) is 19.1 Å². The van der Waals surface area contributed by atoms with Crippen LogP contribution in [0, 0.1) is 18.8 Å². The fourth-order valence-corrected chi connectivity index (χ4v) is 4.83. The van der Waals surface area contributed by atoms with Crippen LogP contribution in [0.5, 0.6) is 5.75 Å². The number of benzene rings is 2. The highest BCUT2D eigenvalue weighted by Crippen LogP contribution is 2.34. The third-order valence-electron chi connectivity index (χ3n) is 6.93. The smallest absolute Gasteiger partial charge is 0.343 e. The van der Waals surface area contributed by atoms with Gasteiger partial charge in [-0.2, -0.15) is 0 Å². The van der Waals surface area contributed by atoms with E-state index in [-0.39, 0.29) is 5.97 Å². The Morgan fingerprint density at radius 1 is 0.806 bits per heavy atom. The highest BCUT2D eigenvalue weighted by molar-refractivity contribution is 5.91. The van der Waals surface area contributed by atoms with Crippen LogP contribution in [0.15, 0.2) is 48.5 Å². The normalized spacial score (nSPS) is 18.6. The zero-order chi connectivity index (χ0) is 21.9. The van der Waals surface area contributed by atoms with Crippen molar-refractivity contribution in [2.45, 2.75) is 90.9 Å². The Balaban J connectivity index is 1.32. The summed E-state index contributed by atoms with van der Waals surface area (Å²) in [5.41, 5.74) is 3.07. The zero-order valence-corrected chi connectivity index (χ0v) is 19.6. The molecule has 0 unspecified atom stereocenters. The Bertz CT molecular complexity index is 767. The van der Waals surface area contributed by atoms with Gasteiger partial charge in [-0.3, -0.25) is 0 Å². The van der Waals surface area contributed by atoms with Crippen molar-refractivity contribution in [1.82, 2.24) is 0 Å². The molecule has 2 heteroatoms. The first-order chi connectivity index (χ1) is 15.1. The molecule has 0 N–H and O–H groups in total. The Morgan fingerprint density at radius 2 is 1.39 bits per heavy atom. The molecule has 0 aromatic heterocycles. The fraction of sp³-hybridized carbons (Fsp3) is 0.552. The summed E-state index contributed by atoms with van der Waals surface area (Å²) in [5, 5.41) is 0. The van der Waals surface area contributed by atoms with Crippen LogP contribution in [0.25, 0.3) is 0 Å². The summed E-state index contributed by atoms with van der Waals surface area (Å²) in [6, 6.07) is 15.5. The average Bonchev–Trinajstić information content (AvgIpc) is 2.80. The highest BCUT2D eigenvalue weighted by atomic mass is 16.5. The number of carbonyl (C=O) groups is 1. The van der Waals surface area contributed by atoms with Crippen molar-refractivity contribution in [2.75, 3.05) is 0 Å². The number of esters is 1. The lowest BCUT2D eigenvalue weighted by molar-refractivity contribution is 0.0734. The quantitative estimate of drug-likeness (QED) is 0.207. The predicted molar refractivity (Wildman–Crippen MR) is 130 cm³/mol. The second-order valence-corrected chi connectivity index (χ2v) is 9.53. The number of hydrogen-bond donors (Lipinski definition) is 0. The van der Waals surface area contributed by atoms with Gasteiger partial charge in [0.05, 0.1) is 5.56 Å². The molecular formula is C29H40O2. The Hall–Kier alpha value is -2.09. The first-order valence-electron chi connectivity index (χ1n) is 12.5. The molecule has 0 bridgehead atoms. The monoisotopic (exact) mass is 420 g/mol. The third kappa shape index (κ3) is 8.16. The van der Waals surface area contributed by atoms with Gasteiger partial charge in [0, 0.05) is 0 Å². The van der Waals surface area contributed by atoms with E-state index in [4.69, 9.17) is 4.74 Å². The molecule has 31 heavy (non-hydrogen) atoms. The molecule has 0 radical (unpaired) electrons. The van der Waals surface area contributed by atoms with Crippen molar-refractivity contribution in [1.29, 1.82) is 0 Å². The van der Waals surface area contributed by atoms with Crippen LogP contribution >= 0.6 is 0 Å². The maximum Gasteiger partial charge on any atom is 0.343 e. The maximum absolute atomic E-state index is 12.3. The molecule has 2 aromatic carbocycles. The van der Waals surface area contributed by atoms with Crippen molar-refractivity contribution in [2.24, 2.45) is 11.8 Å². The van der Waals surface area contributed by atoms with Gasteiger partial charge in [-0.25, -0.2) is 4.79 Å². The van der Waals surface area contributed by atoms with E-state index >= 15 is 0 Å². The number of unbranched alkanes of at least 4 members (excludes halogenated alkanes) is 3. The van der Waals surface area contributed by atoms with Crippen molar-refractivity contribution < 1.29 is 9.53 Å². The lowest BCUT2D eigenvalue weighted by atomic mass is 9.78. The van der Waals surface area contributed by atoms with Crippen molar-refractivity contribution in [3.8, 4) is 5.75 Å². The standard InChI is InChI=1S/C29H40O2/c1-3-4-5-8-24-13-15-25(16-14-24)9-6-7-10-26-17-19-27(20-18-26)29(30)31-28-21-11-23(2)12-22-28/h11-12,17-22,24-25H,3-10,13-16H2,1-2H3/t24-,25-. The number of ether oxygens (including phenoxy) is 1. The molecule has 2 nitrogen and oxygen atoms in total. The molecule has 3 rings (SSSR count). The van der Waals surface area contributed by atoms with E-state index in [9.17, 15) is 4.79 Å². The molecule has 2 aromatic rings. The minimum Gasteiger partial charge on any atom is -0.423 e. The van der Waals surface area contributed by atoms with Crippen molar-refractivity contribution >= 4 is 5.97 Å². The van der Waals surface area contributed by atoms with E-state index in [1.54, 1.807) is 0 Å². The van der Waals surface area contributed by atoms with Gasteiger partial charge in [0.1, 0.15) is 5.75 Å². The van der Waals surface area contributed by atoms with Gasteiger partial charge in [-0.05, 0) is 61.4 Å². The van der Waals surface area contributed by atoms with Crippen molar-refractivity contribution in [3.63, 3.8) is 0 Å². The summed E-state index contributed by atoms with van der Waals surface area (Å²) >= 11 is 0. The van der Waals surface area contributed by atoms with Gasteiger partial charge in [0.2, 0.25) is 0 Å². The first-order valence-corrected chi connectivity index (χ1v) is 12.5. The number of aryl methyl sites for hydroxylation is 2. The van der Waals surface area contributed by atoms with E-state index in [0.717, 1.165) is 23.8 Å². The fourth-order valence-electron chi connectivity index (χ4n) is 4.83. The van der Waals surface area contributed by atoms with E-state index < -0.39 is 0 Å². The minimum absolute atomic E-state index is 0.291. The first kappa shape index (κ1) is 23.6. The van der Waals surface area contributed by atoms with Gasteiger partial charge in [0.25, 0.3) is 0 Å². The number of rotatable bonds is 11. The van der Waals surface area contributed by atoms with Crippen LogP contribution < -0.4 is 4.74 Å². The van der Waals surface area contributed by atoms with Gasteiger partial charge in [0.15, 0.2) is 0 Å². The van der Waals surface area contributed by atoms with Crippen LogP contribution in [0.1, 0.15) is 99.0 Å². The van der Waals surface area contributed by atoms with Gasteiger partial charge < -0.3 is 4.74 Å². The summed E-state index contributed by atoms with van der Waals surface area (Å²) in [6.45, 7) is 4.32. The second kappa shape index (κ2) is 12.7. The lowest BCUT2D eigenvalue weighted by Gasteiger charge is -2.28. The third-order valence-corrected chi connectivity index (χ3v) is 6.93. The molecule has 1 saturated carbocycles. The molecule has 0 heterocycles. The van der Waals surface area contributed by atoms with Gasteiger partial charge in [-0.15, -0.1) is 0 Å².